The lowest BCUT2D eigenvalue weighted by Crippen LogP contribution is -2.44. The average Bonchev–Trinajstić information content (AvgIpc) is 2.44. The van der Waals surface area contributed by atoms with Crippen molar-refractivity contribution >= 4 is 12.1 Å². The van der Waals surface area contributed by atoms with Crippen LogP contribution in [0.25, 0.3) is 0 Å². The van der Waals surface area contributed by atoms with E-state index in [0.717, 1.165) is 31.8 Å². The van der Waals surface area contributed by atoms with Gasteiger partial charge in [0.15, 0.2) is 0 Å². The lowest BCUT2D eigenvalue weighted by molar-refractivity contribution is -0.137. The molecule has 0 unspecified atom stereocenters. The van der Waals surface area contributed by atoms with Gasteiger partial charge in [-0.1, -0.05) is 19.9 Å². The Kier molecular flexibility index (Phi) is 7.08. The Morgan fingerprint density at radius 2 is 2.10 bits per heavy atom. The summed E-state index contributed by atoms with van der Waals surface area (Å²) in [5.41, 5.74) is -0.422. The molecule has 1 heterocycles. The molecule has 1 amide bonds. The normalized spacial score (nSPS) is 17.1. The molecule has 0 atom stereocenters. The summed E-state index contributed by atoms with van der Waals surface area (Å²) in [7, 11) is 0. The van der Waals surface area contributed by atoms with Crippen LogP contribution in [-0.4, -0.2) is 44.0 Å². The fraction of sp³-hybridized carbons (Fsp3) is 0.714. The highest BCUT2D eigenvalue weighted by molar-refractivity contribution is 5.81. The quantitative estimate of drug-likeness (QED) is 0.438. The van der Waals surface area contributed by atoms with Gasteiger partial charge >= 0.3 is 12.1 Å². The minimum Gasteiger partial charge on any atom is -0.461 e. The van der Waals surface area contributed by atoms with E-state index in [0.29, 0.717) is 13.2 Å². The van der Waals surface area contributed by atoms with Gasteiger partial charge in [0.25, 0.3) is 0 Å². The van der Waals surface area contributed by atoms with E-state index < -0.39 is 17.7 Å². The molecule has 1 saturated heterocycles. The van der Waals surface area contributed by atoms with Crippen LogP contribution in [0.5, 0.6) is 0 Å². The first-order valence-corrected chi connectivity index (χ1v) is 6.95. The Labute approximate surface area is 119 Å². The summed E-state index contributed by atoms with van der Waals surface area (Å²) in [6, 6.07) is 0. The fourth-order valence-electron chi connectivity index (χ4n) is 2.20. The summed E-state index contributed by atoms with van der Waals surface area (Å²) in [4.78, 5) is 22.6. The van der Waals surface area contributed by atoms with Gasteiger partial charge in [0.2, 0.25) is 0 Å². The van der Waals surface area contributed by atoms with E-state index in [-0.39, 0.29) is 13.2 Å². The van der Waals surface area contributed by atoms with Crippen molar-refractivity contribution in [2.45, 2.75) is 38.2 Å². The van der Waals surface area contributed by atoms with Crippen LogP contribution in [0.4, 0.5) is 4.79 Å². The van der Waals surface area contributed by atoms with Crippen molar-refractivity contribution in [2.24, 2.45) is 0 Å². The molecule has 0 saturated carbocycles. The number of ether oxygens (including phenoxy) is 3. The van der Waals surface area contributed by atoms with Crippen molar-refractivity contribution in [1.82, 2.24) is 5.32 Å². The molecule has 0 aliphatic carbocycles. The second-order valence-electron chi connectivity index (χ2n) is 4.73. The molecule has 1 fully saturated rings. The lowest BCUT2D eigenvalue weighted by atomic mass is 9.89. The Bertz CT molecular complexity index is 331. The second kappa shape index (κ2) is 8.58. The van der Waals surface area contributed by atoms with Crippen LogP contribution >= 0.6 is 0 Å². The molecule has 6 nitrogen and oxygen atoms in total. The topological polar surface area (TPSA) is 73.9 Å². The van der Waals surface area contributed by atoms with E-state index in [1.54, 1.807) is 0 Å². The standard InChI is InChI=1S/C14H23NO5/c1-3-5-14(6-9-18-10-7-14)20-13(17)15-8-11-19-12(16)4-2/h4H,2-3,5-11H2,1H3,(H,15,17). The number of esters is 1. The van der Waals surface area contributed by atoms with Crippen LogP contribution < -0.4 is 5.32 Å². The number of nitrogens with one attached hydrogen (secondary N) is 1. The van der Waals surface area contributed by atoms with Gasteiger partial charge in [0.05, 0.1) is 19.8 Å². The summed E-state index contributed by atoms with van der Waals surface area (Å²) in [6.45, 7) is 6.90. The predicted octanol–water partition coefficient (Wildman–Crippen LogP) is 1.79. The van der Waals surface area contributed by atoms with E-state index in [2.05, 4.69) is 18.8 Å². The van der Waals surface area contributed by atoms with Gasteiger partial charge < -0.3 is 19.5 Å². The van der Waals surface area contributed by atoms with Crippen molar-refractivity contribution in [2.75, 3.05) is 26.4 Å². The number of alkyl carbamates (subject to hydrolysis) is 1. The highest BCUT2D eigenvalue weighted by atomic mass is 16.6. The molecule has 20 heavy (non-hydrogen) atoms. The highest BCUT2D eigenvalue weighted by Gasteiger charge is 2.35. The zero-order valence-electron chi connectivity index (χ0n) is 12.0. The van der Waals surface area contributed by atoms with E-state index in [4.69, 9.17) is 14.2 Å². The van der Waals surface area contributed by atoms with E-state index in [1.165, 1.54) is 0 Å². The highest BCUT2D eigenvalue weighted by Crippen LogP contribution is 2.30. The molecule has 114 valence electrons. The largest absolute Gasteiger partial charge is 0.461 e. The van der Waals surface area contributed by atoms with Crippen molar-refractivity contribution in [1.29, 1.82) is 0 Å². The maximum atomic E-state index is 11.8. The minimum atomic E-state index is -0.507. The summed E-state index contributed by atoms with van der Waals surface area (Å²) in [5, 5.41) is 2.58. The molecule has 0 aromatic carbocycles. The van der Waals surface area contributed by atoms with Crippen molar-refractivity contribution in [3.05, 3.63) is 12.7 Å². The van der Waals surface area contributed by atoms with Gasteiger partial charge in [-0.15, -0.1) is 0 Å². The van der Waals surface area contributed by atoms with Crippen LogP contribution in [0.15, 0.2) is 12.7 Å². The smallest absolute Gasteiger partial charge is 0.407 e. The van der Waals surface area contributed by atoms with Gasteiger partial charge in [-0.3, -0.25) is 0 Å². The van der Waals surface area contributed by atoms with Gasteiger partial charge in [-0.25, -0.2) is 9.59 Å². The number of hydrogen-bond donors (Lipinski definition) is 1. The Morgan fingerprint density at radius 3 is 2.70 bits per heavy atom. The van der Waals surface area contributed by atoms with Crippen LogP contribution in [0, 0.1) is 0 Å². The monoisotopic (exact) mass is 285 g/mol. The van der Waals surface area contributed by atoms with E-state index >= 15 is 0 Å². The molecular formula is C14H23NO5. The molecule has 6 heteroatoms. The molecule has 1 aliphatic heterocycles. The Morgan fingerprint density at radius 1 is 1.40 bits per heavy atom. The summed E-state index contributed by atoms with van der Waals surface area (Å²) in [6.07, 6.45) is 3.82. The summed E-state index contributed by atoms with van der Waals surface area (Å²) >= 11 is 0. The molecular weight excluding hydrogens is 262 g/mol. The lowest BCUT2D eigenvalue weighted by Gasteiger charge is -2.36. The Hall–Kier alpha value is -1.56. The third-order valence-corrected chi connectivity index (χ3v) is 3.20. The minimum absolute atomic E-state index is 0.101. The maximum absolute atomic E-state index is 11.8. The van der Waals surface area contributed by atoms with Crippen molar-refractivity contribution in [3.8, 4) is 0 Å². The predicted molar refractivity (Wildman–Crippen MR) is 73.3 cm³/mol. The molecule has 0 aromatic rings. The Balaban J connectivity index is 2.31. The number of rotatable bonds is 7. The molecule has 1 rings (SSSR count). The van der Waals surface area contributed by atoms with Crippen LogP contribution in [-0.2, 0) is 19.0 Å². The summed E-state index contributed by atoms with van der Waals surface area (Å²) < 4.78 is 15.6. The zero-order chi connectivity index (χ0) is 14.8. The molecule has 0 aromatic heterocycles. The number of hydrogen-bond acceptors (Lipinski definition) is 5. The SMILES string of the molecule is C=CC(=O)OCCNC(=O)OC1(CCC)CCOCC1. The fourth-order valence-corrected chi connectivity index (χ4v) is 2.20. The molecule has 0 bridgehead atoms. The van der Waals surface area contributed by atoms with Gasteiger partial charge in [0.1, 0.15) is 12.2 Å². The van der Waals surface area contributed by atoms with Gasteiger partial charge in [0, 0.05) is 18.9 Å². The number of carbonyl (C=O) groups is 2. The van der Waals surface area contributed by atoms with Crippen molar-refractivity contribution in [3.63, 3.8) is 0 Å². The van der Waals surface area contributed by atoms with E-state index in [1.807, 2.05) is 0 Å². The molecule has 1 aliphatic rings. The first kappa shape index (κ1) is 16.5. The van der Waals surface area contributed by atoms with Gasteiger partial charge in [-0.2, -0.15) is 0 Å². The first-order valence-electron chi connectivity index (χ1n) is 6.95. The van der Waals surface area contributed by atoms with Crippen LogP contribution in [0.2, 0.25) is 0 Å². The van der Waals surface area contributed by atoms with E-state index in [9.17, 15) is 9.59 Å². The van der Waals surface area contributed by atoms with Crippen molar-refractivity contribution < 1.29 is 23.8 Å². The second-order valence-corrected chi connectivity index (χ2v) is 4.73. The molecule has 1 N–H and O–H groups in total. The third kappa shape index (κ3) is 5.61. The number of carbonyl (C=O) groups excluding carboxylic acids is 2. The maximum Gasteiger partial charge on any atom is 0.407 e. The third-order valence-electron chi connectivity index (χ3n) is 3.20. The molecule has 0 radical (unpaired) electrons. The number of amides is 1. The van der Waals surface area contributed by atoms with Crippen LogP contribution in [0.3, 0.4) is 0 Å². The first-order chi connectivity index (χ1) is 9.62. The summed E-state index contributed by atoms with van der Waals surface area (Å²) in [5.74, 6) is -0.507. The average molecular weight is 285 g/mol. The molecule has 0 spiro atoms. The zero-order valence-corrected chi connectivity index (χ0v) is 12.0. The van der Waals surface area contributed by atoms with Crippen LogP contribution in [0.1, 0.15) is 32.6 Å². The van der Waals surface area contributed by atoms with Gasteiger partial charge in [-0.05, 0) is 6.42 Å².